The molecule has 0 aliphatic heterocycles. The predicted molar refractivity (Wildman–Crippen MR) is 96.7 cm³/mol. The highest BCUT2D eigenvalue weighted by molar-refractivity contribution is 6.31. The molecule has 0 radical (unpaired) electrons. The number of halogens is 1. The van der Waals surface area contributed by atoms with Crippen LogP contribution in [0.1, 0.15) is 39.0 Å². The quantitative estimate of drug-likeness (QED) is 0.686. The lowest BCUT2D eigenvalue weighted by molar-refractivity contribution is 0.0521. The number of carbonyl (C=O) groups is 3. The van der Waals surface area contributed by atoms with Crippen LogP contribution in [0.4, 0.5) is 16.4 Å². The minimum atomic E-state index is -0.932. The normalized spacial score (nSPS) is 10.3. The van der Waals surface area contributed by atoms with Crippen LogP contribution in [0.25, 0.3) is 0 Å². The second-order valence-corrected chi connectivity index (χ2v) is 5.77. The Kier molecular flexibility index (Phi) is 5.89. The van der Waals surface area contributed by atoms with Crippen LogP contribution in [-0.2, 0) is 4.74 Å². The molecule has 0 spiro atoms. The number of primary amides is 1. The number of anilines is 2. The van der Waals surface area contributed by atoms with Crippen molar-refractivity contribution in [1.82, 2.24) is 0 Å². The van der Waals surface area contributed by atoms with Crippen LogP contribution in [0.5, 0.6) is 0 Å². The second kappa shape index (κ2) is 7.92. The zero-order valence-electron chi connectivity index (χ0n) is 14.4. The van der Waals surface area contributed by atoms with Crippen molar-refractivity contribution in [3.05, 3.63) is 45.7 Å². The smallest absolute Gasteiger partial charge is 0.342 e. The average molecular weight is 380 g/mol. The molecule has 1 heterocycles. The number of furan rings is 1. The third-order valence-corrected chi connectivity index (χ3v) is 3.87. The van der Waals surface area contributed by atoms with Crippen molar-refractivity contribution < 1.29 is 23.5 Å². The molecular formula is C17H18ClN3O5. The van der Waals surface area contributed by atoms with Gasteiger partial charge in [-0.15, -0.1) is 0 Å². The van der Waals surface area contributed by atoms with Gasteiger partial charge < -0.3 is 20.2 Å². The molecule has 0 aliphatic carbocycles. The molecule has 2 rings (SSSR count). The van der Waals surface area contributed by atoms with Gasteiger partial charge in [0.05, 0.1) is 6.61 Å². The minimum Gasteiger partial charge on any atom is -0.462 e. The molecule has 0 saturated heterocycles. The van der Waals surface area contributed by atoms with Gasteiger partial charge in [-0.3, -0.25) is 10.1 Å². The molecule has 26 heavy (non-hydrogen) atoms. The lowest BCUT2D eigenvalue weighted by Gasteiger charge is -2.08. The minimum absolute atomic E-state index is 0.103. The topological polar surface area (TPSA) is 124 Å². The van der Waals surface area contributed by atoms with Crippen molar-refractivity contribution in [2.45, 2.75) is 20.8 Å². The van der Waals surface area contributed by atoms with E-state index < -0.39 is 17.9 Å². The van der Waals surface area contributed by atoms with Crippen molar-refractivity contribution in [3.8, 4) is 0 Å². The van der Waals surface area contributed by atoms with Crippen molar-refractivity contribution >= 4 is 41.1 Å². The van der Waals surface area contributed by atoms with Crippen LogP contribution in [0, 0.1) is 13.8 Å². The number of carbonyl (C=O) groups excluding carboxylic acids is 3. The molecular weight excluding hydrogens is 362 g/mol. The maximum Gasteiger partial charge on any atom is 0.342 e. The summed E-state index contributed by atoms with van der Waals surface area (Å²) < 4.78 is 10.2. The first-order chi connectivity index (χ1) is 12.2. The number of urea groups is 1. The van der Waals surface area contributed by atoms with Gasteiger partial charge in [-0.05, 0) is 38.5 Å². The summed E-state index contributed by atoms with van der Waals surface area (Å²) in [6, 6.07) is 4.27. The van der Waals surface area contributed by atoms with E-state index in [1.807, 2.05) is 6.92 Å². The Balaban J connectivity index is 2.26. The molecule has 8 nitrogen and oxygen atoms in total. The van der Waals surface area contributed by atoms with E-state index in [4.69, 9.17) is 26.5 Å². The second-order valence-electron chi connectivity index (χ2n) is 5.37. The van der Waals surface area contributed by atoms with Gasteiger partial charge in [0, 0.05) is 10.7 Å². The summed E-state index contributed by atoms with van der Waals surface area (Å²) in [7, 11) is 0. The van der Waals surface area contributed by atoms with Crippen LogP contribution >= 0.6 is 11.6 Å². The summed E-state index contributed by atoms with van der Waals surface area (Å²) in [5.74, 6) is -1.83. The molecule has 4 N–H and O–H groups in total. The number of esters is 1. The lowest BCUT2D eigenvalue weighted by atomic mass is 10.1. The van der Waals surface area contributed by atoms with Gasteiger partial charge in [0.15, 0.2) is 0 Å². The van der Waals surface area contributed by atoms with E-state index in [0.29, 0.717) is 10.7 Å². The Morgan fingerprint density at radius 1 is 1.19 bits per heavy atom. The summed E-state index contributed by atoms with van der Waals surface area (Å²) in [4.78, 5) is 35.9. The highest BCUT2D eigenvalue weighted by Gasteiger charge is 2.29. The Hall–Kier alpha value is -3.00. The number of nitrogens with one attached hydrogen (secondary N) is 2. The fourth-order valence-corrected chi connectivity index (χ4v) is 2.43. The Morgan fingerprint density at radius 3 is 2.46 bits per heavy atom. The van der Waals surface area contributed by atoms with Crippen molar-refractivity contribution in [3.63, 3.8) is 0 Å². The fraction of sp³-hybridized carbons (Fsp3) is 0.235. The molecule has 0 unspecified atom stereocenters. The van der Waals surface area contributed by atoms with Gasteiger partial charge in [-0.2, -0.15) is 0 Å². The van der Waals surface area contributed by atoms with Gasteiger partial charge in [-0.1, -0.05) is 17.7 Å². The van der Waals surface area contributed by atoms with E-state index in [-0.39, 0.29) is 29.4 Å². The molecule has 0 atom stereocenters. The summed E-state index contributed by atoms with van der Waals surface area (Å²) in [5, 5.41) is 5.39. The molecule has 0 fully saturated rings. The van der Waals surface area contributed by atoms with E-state index in [9.17, 15) is 14.4 Å². The third-order valence-electron chi connectivity index (χ3n) is 3.47. The summed E-state index contributed by atoms with van der Waals surface area (Å²) in [5.41, 5.74) is 6.26. The first-order valence-corrected chi connectivity index (χ1v) is 8.06. The molecule has 2 aromatic rings. The molecule has 0 aliphatic rings. The van der Waals surface area contributed by atoms with Crippen molar-refractivity contribution in [1.29, 1.82) is 0 Å². The predicted octanol–water partition coefficient (Wildman–Crippen LogP) is 3.47. The monoisotopic (exact) mass is 379 g/mol. The molecule has 9 heteroatoms. The van der Waals surface area contributed by atoms with Crippen LogP contribution in [0.2, 0.25) is 5.02 Å². The molecule has 3 amide bonds. The molecule has 0 saturated carbocycles. The van der Waals surface area contributed by atoms with Gasteiger partial charge in [-0.25, -0.2) is 9.59 Å². The summed E-state index contributed by atoms with van der Waals surface area (Å²) in [6.45, 7) is 5.02. The zero-order valence-corrected chi connectivity index (χ0v) is 15.2. The standard InChI is InChI=1S/C17H18ClN3O5/c1-4-25-16(23)12-9(3)26-15(13(12)14(19)22)21-17(24)20-10-6-5-8(2)11(18)7-10/h5-7H,4H2,1-3H3,(H2,19,22)(H2,20,21,24). The molecule has 1 aromatic heterocycles. The first-order valence-electron chi connectivity index (χ1n) is 7.69. The average Bonchev–Trinajstić information content (AvgIpc) is 2.87. The number of nitrogens with two attached hydrogens (primary N) is 1. The van der Waals surface area contributed by atoms with E-state index in [1.54, 1.807) is 25.1 Å². The van der Waals surface area contributed by atoms with Crippen LogP contribution in [0.15, 0.2) is 22.6 Å². The fourth-order valence-electron chi connectivity index (χ4n) is 2.25. The SMILES string of the molecule is CCOC(=O)c1c(C)oc(NC(=O)Nc2ccc(C)c(Cl)c2)c1C(N)=O. The number of amides is 3. The number of rotatable bonds is 5. The van der Waals surface area contributed by atoms with Gasteiger partial charge >= 0.3 is 12.0 Å². The zero-order chi connectivity index (χ0) is 19.4. The van der Waals surface area contributed by atoms with Crippen LogP contribution < -0.4 is 16.4 Å². The Morgan fingerprint density at radius 2 is 1.88 bits per heavy atom. The lowest BCUT2D eigenvalue weighted by Crippen LogP contribution is -2.23. The van der Waals surface area contributed by atoms with Gasteiger partial charge in [0.1, 0.15) is 16.9 Å². The van der Waals surface area contributed by atoms with E-state index >= 15 is 0 Å². The molecule has 1 aromatic carbocycles. The summed E-state index contributed by atoms with van der Waals surface area (Å²) >= 11 is 6.01. The van der Waals surface area contributed by atoms with Crippen molar-refractivity contribution in [2.24, 2.45) is 5.73 Å². The Labute approximate surface area is 154 Å². The first kappa shape index (κ1) is 19.3. The maximum absolute atomic E-state index is 12.2. The highest BCUT2D eigenvalue weighted by atomic mass is 35.5. The van der Waals surface area contributed by atoms with Crippen LogP contribution in [0.3, 0.4) is 0 Å². The van der Waals surface area contributed by atoms with Crippen LogP contribution in [-0.4, -0.2) is 24.5 Å². The number of ether oxygens (including phenoxy) is 1. The number of benzene rings is 1. The summed E-state index contributed by atoms with van der Waals surface area (Å²) in [6.07, 6.45) is 0. The van der Waals surface area contributed by atoms with E-state index in [1.165, 1.54) is 6.92 Å². The highest BCUT2D eigenvalue weighted by Crippen LogP contribution is 2.28. The Bertz CT molecular complexity index is 876. The number of hydrogen-bond acceptors (Lipinski definition) is 5. The van der Waals surface area contributed by atoms with Gasteiger partial charge in [0.25, 0.3) is 5.91 Å². The number of aryl methyl sites for hydroxylation is 2. The van der Waals surface area contributed by atoms with Gasteiger partial charge in [0.2, 0.25) is 5.88 Å². The van der Waals surface area contributed by atoms with E-state index in [2.05, 4.69) is 10.6 Å². The van der Waals surface area contributed by atoms with E-state index in [0.717, 1.165) is 5.56 Å². The maximum atomic E-state index is 12.2. The van der Waals surface area contributed by atoms with Crippen molar-refractivity contribution in [2.75, 3.05) is 17.2 Å². The molecule has 138 valence electrons. The third kappa shape index (κ3) is 4.15. The largest absolute Gasteiger partial charge is 0.462 e. The molecule has 0 bridgehead atoms. The number of hydrogen-bond donors (Lipinski definition) is 3.